The van der Waals surface area contributed by atoms with Gasteiger partial charge in [-0.1, -0.05) is 13.0 Å². The van der Waals surface area contributed by atoms with Crippen LogP contribution in [0.4, 0.5) is 4.39 Å². The Morgan fingerprint density at radius 3 is 2.36 bits per heavy atom. The van der Waals surface area contributed by atoms with Gasteiger partial charge < -0.3 is 14.8 Å². The Labute approximate surface area is 127 Å². The molecular formula is C15H18FNO5. The van der Waals surface area contributed by atoms with Crippen molar-refractivity contribution in [3.8, 4) is 0 Å². The Morgan fingerprint density at radius 1 is 1.18 bits per heavy atom. The van der Waals surface area contributed by atoms with E-state index in [1.165, 1.54) is 32.4 Å². The second-order valence-electron chi connectivity index (χ2n) is 4.72. The minimum absolute atomic E-state index is 0.0143. The van der Waals surface area contributed by atoms with Crippen LogP contribution in [0.15, 0.2) is 24.3 Å². The summed E-state index contributed by atoms with van der Waals surface area (Å²) in [6.45, 7) is 1.57. The zero-order valence-electron chi connectivity index (χ0n) is 12.6. The zero-order chi connectivity index (χ0) is 16.7. The molecule has 0 aliphatic rings. The lowest BCUT2D eigenvalue weighted by atomic mass is 10.0. The Kier molecular flexibility index (Phi) is 6.49. The summed E-state index contributed by atoms with van der Waals surface area (Å²) in [4.78, 5) is 35.2. The van der Waals surface area contributed by atoms with Crippen LogP contribution in [-0.2, 0) is 19.1 Å². The van der Waals surface area contributed by atoms with Gasteiger partial charge in [0.15, 0.2) is 0 Å². The maximum absolute atomic E-state index is 13.1. The van der Waals surface area contributed by atoms with Gasteiger partial charge in [0.2, 0.25) is 0 Å². The predicted octanol–water partition coefficient (Wildman–Crippen LogP) is 1.30. The average molecular weight is 311 g/mol. The van der Waals surface area contributed by atoms with E-state index in [9.17, 15) is 18.8 Å². The van der Waals surface area contributed by atoms with Crippen LogP contribution in [-0.4, -0.2) is 38.1 Å². The SMILES string of the molecule is COC(=O)[C@H](C[C@H](C)C(=O)OC)NC(=O)c1cccc(F)c1. The summed E-state index contributed by atoms with van der Waals surface area (Å²) in [6, 6.07) is 4.02. The molecule has 120 valence electrons. The van der Waals surface area contributed by atoms with E-state index in [2.05, 4.69) is 14.8 Å². The fourth-order valence-corrected chi connectivity index (χ4v) is 1.88. The minimum Gasteiger partial charge on any atom is -0.469 e. The summed E-state index contributed by atoms with van der Waals surface area (Å²) in [6.07, 6.45) is 0.0143. The number of hydrogen-bond donors (Lipinski definition) is 1. The lowest BCUT2D eigenvalue weighted by Gasteiger charge is -2.19. The maximum Gasteiger partial charge on any atom is 0.328 e. The summed E-state index contributed by atoms with van der Waals surface area (Å²) >= 11 is 0. The van der Waals surface area contributed by atoms with Crippen LogP contribution in [0.5, 0.6) is 0 Å². The number of carbonyl (C=O) groups is 3. The highest BCUT2D eigenvalue weighted by Crippen LogP contribution is 2.11. The quantitative estimate of drug-likeness (QED) is 0.801. The van der Waals surface area contributed by atoms with Crippen molar-refractivity contribution in [3.63, 3.8) is 0 Å². The molecule has 0 aliphatic heterocycles. The maximum atomic E-state index is 13.1. The summed E-state index contributed by atoms with van der Waals surface area (Å²) in [5.74, 6) is -3.01. The van der Waals surface area contributed by atoms with Gasteiger partial charge in [0.05, 0.1) is 20.1 Å². The third-order valence-electron chi connectivity index (χ3n) is 3.07. The Bertz CT molecular complexity index is 561. The van der Waals surface area contributed by atoms with E-state index in [4.69, 9.17) is 0 Å². The van der Waals surface area contributed by atoms with Gasteiger partial charge in [-0.15, -0.1) is 0 Å². The number of rotatable bonds is 6. The molecule has 0 aliphatic carbocycles. The second kappa shape index (κ2) is 8.11. The first kappa shape index (κ1) is 17.6. The fraction of sp³-hybridized carbons (Fsp3) is 0.400. The largest absolute Gasteiger partial charge is 0.469 e. The van der Waals surface area contributed by atoms with E-state index in [0.717, 1.165) is 6.07 Å². The third kappa shape index (κ3) is 4.83. The number of hydrogen-bond acceptors (Lipinski definition) is 5. The molecule has 22 heavy (non-hydrogen) atoms. The molecule has 0 fully saturated rings. The van der Waals surface area contributed by atoms with Gasteiger partial charge in [-0.05, 0) is 24.6 Å². The third-order valence-corrected chi connectivity index (χ3v) is 3.07. The van der Waals surface area contributed by atoms with Crippen LogP contribution >= 0.6 is 0 Å². The molecule has 7 heteroatoms. The highest BCUT2D eigenvalue weighted by atomic mass is 19.1. The molecule has 1 rings (SSSR count). The molecule has 0 heterocycles. The van der Waals surface area contributed by atoms with Crippen LogP contribution < -0.4 is 5.32 Å². The van der Waals surface area contributed by atoms with E-state index < -0.39 is 35.6 Å². The summed E-state index contributed by atoms with van der Waals surface area (Å²) in [5, 5.41) is 2.43. The number of benzene rings is 1. The molecule has 1 N–H and O–H groups in total. The average Bonchev–Trinajstić information content (AvgIpc) is 2.52. The molecule has 0 radical (unpaired) electrons. The first-order valence-corrected chi connectivity index (χ1v) is 6.61. The molecule has 0 spiro atoms. The number of halogens is 1. The number of amides is 1. The van der Waals surface area contributed by atoms with E-state index in [1.54, 1.807) is 6.92 Å². The molecule has 1 aromatic rings. The standard InChI is InChI=1S/C15H18FNO5/c1-9(14(19)21-2)7-12(15(20)22-3)17-13(18)10-5-4-6-11(16)8-10/h4-6,8-9,12H,7H2,1-3H3,(H,17,18)/t9-,12-/m0/s1. The molecule has 0 aromatic heterocycles. The fourth-order valence-electron chi connectivity index (χ4n) is 1.88. The van der Waals surface area contributed by atoms with Gasteiger partial charge in [-0.25, -0.2) is 9.18 Å². The number of carbonyl (C=O) groups excluding carboxylic acids is 3. The molecular weight excluding hydrogens is 293 g/mol. The van der Waals surface area contributed by atoms with Gasteiger partial charge in [0.1, 0.15) is 11.9 Å². The van der Waals surface area contributed by atoms with Crippen molar-refractivity contribution >= 4 is 17.8 Å². The summed E-state index contributed by atoms with van der Waals surface area (Å²) < 4.78 is 22.3. The second-order valence-corrected chi connectivity index (χ2v) is 4.72. The molecule has 0 saturated carbocycles. The molecule has 2 atom stereocenters. The number of nitrogens with one attached hydrogen (secondary N) is 1. The monoisotopic (exact) mass is 311 g/mol. The van der Waals surface area contributed by atoms with Crippen molar-refractivity contribution < 1.29 is 28.2 Å². The number of esters is 2. The van der Waals surface area contributed by atoms with Crippen LogP contribution in [0, 0.1) is 11.7 Å². The first-order chi connectivity index (χ1) is 10.4. The molecule has 1 aromatic carbocycles. The zero-order valence-corrected chi connectivity index (χ0v) is 12.6. The molecule has 6 nitrogen and oxygen atoms in total. The Hall–Kier alpha value is -2.44. The summed E-state index contributed by atoms with van der Waals surface area (Å²) in [7, 11) is 2.41. The van der Waals surface area contributed by atoms with Gasteiger partial charge in [-0.3, -0.25) is 9.59 Å². The van der Waals surface area contributed by atoms with Crippen LogP contribution in [0.25, 0.3) is 0 Å². The van der Waals surface area contributed by atoms with Gasteiger partial charge in [0, 0.05) is 5.56 Å². The predicted molar refractivity (Wildman–Crippen MR) is 75.5 cm³/mol. The highest BCUT2D eigenvalue weighted by molar-refractivity contribution is 5.96. The molecule has 1 amide bonds. The number of methoxy groups -OCH3 is 2. The van der Waals surface area contributed by atoms with E-state index in [0.29, 0.717) is 0 Å². The molecule has 0 saturated heterocycles. The highest BCUT2D eigenvalue weighted by Gasteiger charge is 2.27. The van der Waals surface area contributed by atoms with E-state index in [1.807, 2.05) is 0 Å². The lowest BCUT2D eigenvalue weighted by Crippen LogP contribution is -2.43. The van der Waals surface area contributed by atoms with Gasteiger partial charge in [0.25, 0.3) is 5.91 Å². The Balaban J connectivity index is 2.83. The van der Waals surface area contributed by atoms with E-state index in [-0.39, 0.29) is 12.0 Å². The van der Waals surface area contributed by atoms with Crippen molar-refractivity contribution in [2.45, 2.75) is 19.4 Å². The van der Waals surface area contributed by atoms with Crippen LogP contribution in [0.2, 0.25) is 0 Å². The van der Waals surface area contributed by atoms with Crippen LogP contribution in [0.3, 0.4) is 0 Å². The minimum atomic E-state index is -1.03. The van der Waals surface area contributed by atoms with E-state index >= 15 is 0 Å². The first-order valence-electron chi connectivity index (χ1n) is 6.61. The number of ether oxygens (including phenoxy) is 2. The Morgan fingerprint density at radius 2 is 1.82 bits per heavy atom. The van der Waals surface area contributed by atoms with Crippen molar-refractivity contribution in [3.05, 3.63) is 35.6 Å². The lowest BCUT2D eigenvalue weighted by molar-refractivity contribution is -0.147. The van der Waals surface area contributed by atoms with Crippen LogP contribution in [0.1, 0.15) is 23.7 Å². The van der Waals surface area contributed by atoms with Gasteiger partial charge in [-0.2, -0.15) is 0 Å². The van der Waals surface area contributed by atoms with Crippen molar-refractivity contribution in [2.24, 2.45) is 5.92 Å². The van der Waals surface area contributed by atoms with Crippen molar-refractivity contribution in [1.29, 1.82) is 0 Å². The summed E-state index contributed by atoms with van der Waals surface area (Å²) in [5.41, 5.74) is 0.0691. The molecule has 0 unspecified atom stereocenters. The smallest absolute Gasteiger partial charge is 0.328 e. The van der Waals surface area contributed by atoms with Gasteiger partial charge >= 0.3 is 11.9 Å². The van der Waals surface area contributed by atoms with Crippen molar-refractivity contribution in [1.82, 2.24) is 5.32 Å². The topological polar surface area (TPSA) is 81.7 Å². The molecule has 0 bridgehead atoms. The van der Waals surface area contributed by atoms with Crippen molar-refractivity contribution in [2.75, 3.05) is 14.2 Å². The normalized spacial score (nSPS) is 12.9.